The van der Waals surface area contributed by atoms with Crippen molar-refractivity contribution < 1.29 is 0 Å². The lowest BCUT2D eigenvalue weighted by atomic mass is 9.44. The van der Waals surface area contributed by atoms with E-state index in [-0.39, 0.29) is 0 Å². The van der Waals surface area contributed by atoms with Crippen LogP contribution in [0.2, 0.25) is 0 Å². The van der Waals surface area contributed by atoms with Gasteiger partial charge in [-0.05, 0) is 104 Å². The summed E-state index contributed by atoms with van der Waals surface area (Å²) < 4.78 is 0. The fourth-order valence-electron chi connectivity index (χ4n) is 9.07. The van der Waals surface area contributed by atoms with Crippen molar-refractivity contribution in [1.29, 1.82) is 0 Å². The molecule has 0 bridgehead atoms. The Kier molecular flexibility index (Phi) is 5.28. The van der Waals surface area contributed by atoms with E-state index in [1.165, 1.54) is 25.7 Å². The Morgan fingerprint density at radius 1 is 0.731 bits per heavy atom. The van der Waals surface area contributed by atoms with Gasteiger partial charge < -0.3 is 0 Å². The third-order valence-corrected chi connectivity index (χ3v) is 10.5. The quantitative estimate of drug-likeness (QED) is 0.476. The molecule has 4 fully saturated rings. The van der Waals surface area contributed by atoms with Gasteiger partial charge in [0.15, 0.2) is 0 Å². The molecule has 0 aromatic carbocycles. The maximum absolute atomic E-state index is 2.74. The van der Waals surface area contributed by atoms with E-state index >= 15 is 0 Å². The molecular formula is C26H46. The van der Waals surface area contributed by atoms with E-state index in [0.717, 1.165) is 41.4 Å². The summed E-state index contributed by atoms with van der Waals surface area (Å²) >= 11 is 0. The molecule has 0 N–H and O–H groups in total. The highest BCUT2D eigenvalue weighted by Gasteiger charge is 2.59. The van der Waals surface area contributed by atoms with E-state index in [0.29, 0.717) is 10.8 Å². The van der Waals surface area contributed by atoms with Crippen molar-refractivity contribution in [2.45, 2.75) is 112 Å². The largest absolute Gasteiger partial charge is 0.0628 e. The van der Waals surface area contributed by atoms with Crippen molar-refractivity contribution in [3.8, 4) is 0 Å². The Balaban J connectivity index is 1.51. The Bertz CT molecular complexity index is 492. The fourth-order valence-corrected chi connectivity index (χ4v) is 9.07. The minimum Gasteiger partial charge on any atom is -0.0628 e. The van der Waals surface area contributed by atoms with Gasteiger partial charge in [0.25, 0.3) is 0 Å². The van der Waals surface area contributed by atoms with Gasteiger partial charge in [-0.2, -0.15) is 0 Å². The van der Waals surface area contributed by atoms with E-state index in [4.69, 9.17) is 0 Å². The zero-order valence-corrected chi connectivity index (χ0v) is 18.5. The van der Waals surface area contributed by atoms with Crippen molar-refractivity contribution in [3.63, 3.8) is 0 Å². The molecule has 1 unspecified atom stereocenters. The van der Waals surface area contributed by atoms with Crippen molar-refractivity contribution in [1.82, 2.24) is 0 Å². The summed E-state index contributed by atoms with van der Waals surface area (Å²) in [5.41, 5.74) is 1.39. The maximum Gasteiger partial charge on any atom is -0.0264 e. The monoisotopic (exact) mass is 358 g/mol. The molecule has 4 aliphatic carbocycles. The van der Waals surface area contributed by atoms with Crippen LogP contribution in [0.3, 0.4) is 0 Å². The molecule has 0 saturated heterocycles. The predicted molar refractivity (Wildman–Crippen MR) is 113 cm³/mol. The summed E-state index contributed by atoms with van der Waals surface area (Å²) in [5.74, 6) is 7.13. The van der Waals surface area contributed by atoms with Gasteiger partial charge >= 0.3 is 0 Å². The second-order valence-electron chi connectivity index (χ2n) is 12.1. The van der Waals surface area contributed by atoms with Gasteiger partial charge in [-0.3, -0.25) is 0 Å². The molecule has 0 nitrogen and oxygen atoms in total. The summed E-state index contributed by atoms with van der Waals surface area (Å²) in [6.45, 7) is 12.9. The second-order valence-corrected chi connectivity index (χ2v) is 12.1. The highest BCUT2D eigenvalue weighted by Crippen LogP contribution is 2.68. The minimum atomic E-state index is 0.676. The van der Waals surface area contributed by atoms with E-state index in [1.807, 2.05) is 0 Å². The van der Waals surface area contributed by atoms with Crippen LogP contribution in [0, 0.1) is 52.3 Å². The van der Waals surface area contributed by atoms with Gasteiger partial charge in [0.2, 0.25) is 0 Å². The fraction of sp³-hybridized carbons (Fsp3) is 1.00. The van der Waals surface area contributed by atoms with Crippen LogP contribution >= 0.6 is 0 Å². The van der Waals surface area contributed by atoms with Gasteiger partial charge in [-0.25, -0.2) is 0 Å². The van der Waals surface area contributed by atoms with Crippen LogP contribution in [0.5, 0.6) is 0 Å². The smallest absolute Gasteiger partial charge is 0.0264 e. The Morgan fingerprint density at radius 3 is 2.27 bits per heavy atom. The lowest BCUT2D eigenvalue weighted by molar-refractivity contribution is -0.114. The minimum absolute atomic E-state index is 0.676. The molecule has 0 spiro atoms. The van der Waals surface area contributed by atoms with Gasteiger partial charge in [0, 0.05) is 0 Å². The molecule has 0 heteroatoms. The molecule has 26 heavy (non-hydrogen) atoms. The molecular weight excluding hydrogens is 312 g/mol. The van der Waals surface area contributed by atoms with Crippen LogP contribution in [-0.4, -0.2) is 0 Å². The van der Waals surface area contributed by atoms with Gasteiger partial charge in [-0.1, -0.05) is 60.3 Å². The van der Waals surface area contributed by atoms with E-state index in [2.05, 4.69) is 34.6 Å². The first kappa shape index (κ1) is 19.3. The first-order valence-electron chi connectivity index (χ1n) is 12.4. The molecule has 4 rings (SSSR count). The molecule has 0 aromatic heterocycles. The molecule has 150 valence electrons. The lowest BCUT2D eigenvalue weighted by Crippen LogP contribution is -2.53. The number of hydrogen-bond donors (Lipinski definition) is 0. The van der Waals surface area contributed by atoms with Crippen molar-refractivity contribution in [2.24, 2.45) is 52.3 Å². The van der Waals surface area contributed by atoms with Gasteiger partial charge in [0.05, 0.1) is 0 Å². The molecule has 0 aromatic rings. The lowest BCUT2D eigenvalue weighted by Gasteiger charge is -2.61. The summed E-state index contributed by atoms with van der Waals surface area (Å²) in [6.07, 6.45) is 18.4. The molecule has 4 saturated carbocycles. The molecule has 4 aliphatic rings. The van der Waals surface area contributed by atoms with E-state index in [1.54, 1.807) is 51.4 Å². The maximum atomic E-state index is 2.74. The average molecular weight is 359 g/mol. The Labute approximate surface area is 164 Å². The summed E-state index contributed by atoms with van der Waals surface area (Å²) in [7, 11) is 0. The van der Waals surface area contributed by atoms with Crippen molar-refractivity contribution in [3.05, 3.63) is 0 Å². The van der Waals surface area contributed by atoms with E-state index < -0.39 is 0 Å². The first-order valence-corrected chi connectivity index (χ1v) is 12.4. The number of rotatable bonds is 4. The Hall–Kier alpha value is 0. The number of hydrogen-bond acceptors (Lipinski definition) is 0. The van der Waals surface area contributed by atoms with Crippen LogP contribution < -0.4 is 0 Å². The standard InChI is InChI=1S/C26H46/c1-18(2)9-10-19(3)22-13-14-23-21-12-11-20-8-6-7-16-25(20,4)24(21)15-17-26(22,23)5/h18-24H,6-17H2,1-5H3/t19-,20?,21+,22-,23+,24+,25+,26-/m1/s1. The van der Waals surface area contributed by atoms with Crippen molar-refractivity contribution >= 4 is 0 Å². The van der Waals surface area contributed by atoms with Crippen LogP contribution in [0.15, 0.2) is 0 Å². The Morgan fingerprint density at radius 2 is 1.50 bits per heavy atom. The van der Waals surface area contributed by atoms with Crippen LogP contribution in [0.25, 0.3) is 0 Å². The third kappa shape index (κ3) is 3.00. The highest BCUT2D eigenvalue weighted by atomic mass is 14.6. The van der Waals surface area contributed by atoms with Crippen LogP contribution in [0.4, 0.5) is 0 Å². The predicted octanol–water partition coefficient (Wildman–Crippen LogP) is 8.11. The summed E-state index contributed by atoms with van der Waals surface area (Å²) in [5, 5.41) is 0. The zero-order valence-electron chi connectivity index (χ0n) is 18.5. The average Bonchev–Trinajstić information content (AvgIpc) is 2.96. The van der Waals surface area contributed by atoms with E-state index in [9.17, 15) is 0 Å². The molecule has 0 aliphatic heterocycles. The summed E-state index contributed by atoms with van der Waals surface area (Å²) in [6, 6.07) is 0. The molecule has 0 radical (unpaired) electrons. The molecule has 0 amide bonds. The van der Waals surface area contributed by atoms with Crippen LogP contribution in [0.1, 0.15) is 112 Å². The van der Waals surface area contributed by atoms with Gasteiger partial charge in [-0.15, -0.1) is 0 Å². The topological polar surface area (TPSA) is 0 Å². The van der Waals surface area contributed by atoms with Gasteiger partial charge in [0.1, 0.15) is 0 Å². The first-order chi connectivity index (χ1) is 12.4. The zero-order chi connectivity index (χ0) is 18.5. The SMILES string of the molecule is CC(C)CC[C@@H](C)[C@H]1CC[C@H]2[C@@H]3CCC4CCCC[C@]4(C)[C@H]3CC[C@]12C. The van der Waals surface area contributed by atoms with Crippen LogP contribution in [-0.2, 0) is 0 Å². The third-order valence-electron chi connectivity index (χ3n) is 10.5. The highest BCUT2D eigenvalue weighted by molar-refractivity contribution is 5.09. The number of fused-ring (bicyclic) bond motifs is 5. The molecule has 0 heterocycles. The normalized spacial score (nSPS) is 49.4. The summed E-state index contributed by atoms with van der Waals surface area (Å²) in [4.78, 5) is 0. The molecule has 8 atom stereocenters. The van der Waals surface area contributed by atoms with Crippen molar-refractivity contribution in [2.75, 3.05) is 0 Å². The second kappa shape index (κ2) is 7.11.